The van der Waals surface area contributed by atoms with E-state index in [4.69, 9.17) is 11.6 Å². The number of alkyl halides is 2. The maximum absolute atomic E-state index is 13.9. The zero-order valence-electron chi connectivity index (χ0n) is 14.3. The largest absolute Gasteiger partial charge is 0.368 e. The molecule has 0 aromatic heterocycles. The number of hydrogen-bond acceptors (Lipinski definition) is 4. The van der Waals surface area contributed by atoms with Gasteiger partial charge < -0.3 is 4.90 Å². The number of benzene rings is 2. The van der Waals surface area contributed by atoms with Crippen molar-refractivity contribution in [3.8, 4) is 0 Å². The van der Waals surface area contributed by atoms with Gasteiger partial charge in [-0.25, -0.2) is 12.8 Å². The summed E-state index contributed by atoms with van der Waals surface area (Å²) in [5, 5.41) is 0.353. The first-order valence-electron chi connectivity index (χ1n) is 8.32. The van der Waals surface area contributed by atoms with Crippen LogP contribution in [0.1, 0.15) is 5.56 Å². The van der Waals surface area contributed by atoms with Crippen LogP contribution in [0, 0.1) is 5.82 Å². The maximum Gasteiger partial charge on any atom is 0.341 e. The van der Waals surface area contributed by atoms with Gasteiger partial charge in [0.15, 0.2) is 0 Å². The summed E-state index contributed by atoms with van der Waals surface area (Å²) in [6.07, 6.45) is 0. The lowest BCUT2D eigenvalue weighted by Gasteiger charge is -2.37. The first kappa shape index (κ1) is 20.0. The molecule has 1 heterocycles. The molecule has 0 saturated carbocycles. The van der Waals surface area contributed by atoms with Gasteiger partial charge in [-0.05, 0) is 24.3 Å². The summed E-state index contributed by atoms with van der Waals surface area (Å²) in [6, 6.07) is 10.3. The number of sulfone groups is 1. The van der Waals surface area contributed by atoms with E-state index in [0.717, 1.165) is 0 Å². The van der Waals surface area contributed by atoms with Crippen molar-refractivity contribution >= 4 is 27.1 Å². The second kappa shape index (κ2) is 8.08. The number of piperazine rings is 1. The molecule has 3 rings (SSSR count). The average molecular weight is 419 g/mol. The van der Waals surface area contributed by atoms with Crippen LogP contribution in [0.4, 0.5) is 18.9 Å². The molecule has 2 aromatic rings. The zero-order valence-corrected chi connectivity index (χ0v) is 15.9. The molecule has 1 fully saturated rings. The van der Waals surface area contributed by atoms with Crippen LogP contribution in [0.5, 0.6) is 0 Å². The molecular formula is C18H18ClF3N2O2S. The molecule has 0 aliphatic carbocycles. The predicted octanol–water partition coefficient (Wildman–Crippen LogP) is 3.80. The van der Waals surface area contributed by atoms with E-state index in [1.165, 1.54) is 24.3 Å². The molecule has 2 aromatic carbocycles. The number of para-hydroxylation sites is 1. The highest BCUT2D eigenvalue weighted by atomic mass is 35.5. The van der Waals surface area contributed by atoms with Crippen molar-refractivity contribution in [2.75, 3.05) is 31.1 Å². The first-order chi connectivity index (χ1) is 12.8. The quantitative estimate of drug-likeness (QED) is 0.740. The summed E-state index contributed by atoms with van der Waals surface area (Å²) in [5.74, 6) is -3.85. The third kappa shape index (κ3) is 4.23. The normalized spacial score (nSPS) is 16.1. The standard InChI is InChI=1S/C18H18ClF3N2O2S/c19-14-4-3-5-15(20)13(14)12-23-8-10-24(11-9-23)16-6-1-2-7-17(16)27(25,26)18(21)22/h1-7,18H,8-12H2. The molecule has 0 radical (unpaired) electrons. The minimum Gasteiger partial charge on any atom is -0.368 e. The molecule has 0 N–H and O–H groups in total. The Hall–Kier alpha value is -1.77. The summed E-state index contributed by atoms with van der Waals surface area (Å²) < 4.78 is 63.7. The van der Waals surface area contributed by atoms with Gasteiger partial charge >= 0.3 is 5.76 Å². The number of rotatable bonds is 5. The Kier molecular flexibility index (Phi) is 5.98. The van der Waals surface area contributed by atoms with Crippen LogP contribution in [0.3, 0.4) is 0 Å². The Balaban J connectivity index is 1.74. The number of anilines is 1. The molecule has 1 saturated heterocycles. The van der Waals surface area contributed by atoms with E-state index in [0.29, 0.717) is 43.3 Å². The van der Waals surface area contributed by atoms with Crippen molar-refractivity contribution in [2.24, 2.45) is 0 Å². The van der Waals surface area contributed by atoms with Crippen LogP contribution in [0.25, 0.3) is 0 Å². The third-order valence-electron chi connectivity index (χ3n) is 4.56. The van der Waals surface area contributed by atoms with Crippen molar-refractivity contribution in [3.63, 3.8) is 0 Å². The summed E-state index contributed by atoms with van der Waals surface area (Å²) in [6.45, 7) is 2.24. The number of hydrogen-bond donors (Lipinski definition) is 0. The van der Waals surface area contributed by atoms with Crippen LogP contribution < -0.4 is 4.90 Å². The predicted molar refractivity (Wildman–Crippen MR) is 98.5 cm³/mol. The van der Waals surface area contributed by atoms with E-state index in [2.05, 4.69) is 0 Å². The molecule has 9 heteroatoms. The van der Waals surface area contributed by atoms with Gasteiger partial charge in [-0.1, -0.05) is 29.8 Å². The highest BCUT2D eigenvalue weighted by Gasteiger charge is 2.31. The van der Waals surface area contributed by atoms with Gasteiger partial charge in [0.25, 0.3) is 0 Å². The van der Waals surface area contributed by atoms with Gasteiger partial charge in [-0.3, -0.25) is 4.90 Å². The van der Waals surface area contributed by atoms with Crippen molar-refractivity contribution in [2.45, 2.75) is 17.2 Å². The fourth-order valence-electron chi connectivity index (χ4n) is 3.11. The topological polar surface area (TPSA) is 40.6 Å². The summed E-state index contributed by atoms with van der Waals surface area (Å²) in [4.78, 5) is 3.38. The van der Waals surface area contributed by atoms with Crippen molar-refractivity contribution < 1.29 is 21.6 Å². The number of halogens is 4. The van der Waals surface area contributed by atoms with Gasteiger partial charge in [-0.15, -0.1) is 0 Å². The van der Waals surface area contributed by atoms with Crippen LogP contribution in [-0.4, -0.2) is 45.3 Å². The highest BCUT2D eigenvalue weighted by Crippen LogP contribution is 2.30. The monoisotopic (exact) mass is 418 g/mol. The van der Waals surface area contributed by atoms with E-state index >= 15 is 0 Å². The first-order valence-corrected chi connectivity index (χ1v) is 10.2. The van der Waals surface area contributed by atoms with E-state index in [1.807, 2.05) is 4.90 Å². The van der Waals surface area contributed by atoms with Gasteiger partial charge in [0.05, 0.1) is 10.6 Å². The summed E-state index contributed by atoms with van der Waals surface area (Å²) in [7, 11) is -4.69. The maximum atomic E-state index is 13.9. The highest BCUT2D eigenvalue weighted by molar-refractivity contribution is 7.91. The van der Waals surface area contributed by atoms with Gasteiger partial charge in [0.2, 0.25) is 9.84 Å². The minimum atomic E-state index is -4.69. The number of nitrogens with zero attached hydrogens (tertiary/aromatic N) is 2. The van der Waals surface area contributed by atoms with E-state index in [9.17, 15) is 21.6 Å². The lowest BCUT2D eigenvalue weighted by molar-refractivity contribution is 0.234. The fraction of sp³-hybridized carbons (Fsp3) is 0.333. The molecule has 146 valence electrons. The molecule has 0 spiro atoms. The lowest BCUT2D eigenvalue weighted by atomic mass is 10.1. The molecule has 0 atom stereocenters. The molecule has 1 aliphatic rings. The van der Waals surface area contributed by atoms with E-state index in [-0.39, 0.29) is 16.4 Å². The second-order valence-corrected chi connectivity index (χ2v) is 8.53. The fourth-order valence-corrected chi connectivity index (χ4v) is 4.28. The zero-order chi connectivity index (χ0) is 19.6. The van der Waals surface area contributed by atoms with E-state index < -0.39 is 15.6 Å². The van der Waals surface area contributed by atoms with Crippen LogP contribution >= 0.6 is 11.6 Å². The molecule has 0 bridgehead atoms. The minimum absolute atomic E-state index is 0.265. The Bertz CT molecular complexity index is 896. The molecular weight excluding hydrogens is 401 g/mol. The van der Waals surface area contributed by atoms with Crippen LogP contribution in [0.15, 0.2) is 47.4 Å². The summed E-state index contributed by atoms with van der Waals surface area (Å²) >= 11 is 6.06. The molecule has 27 heavy (non-hydrogen) atoms. The van der Waals surface area contributed by atoms with Gasteiger partial charge in [-0.2, -0.15) is 8.78 Å². The summed E-state index contributed by atoms with van der Waals surface area (Å²) in [5.41, 5.74) is 0.676. The van der Waals surface area contributed by atoms with Crippen LogP contribution in [0.2, 0.25) is 5.02 Å². The van der Waals surface area contributed by atoms with Crippen molar-refractivity contribution in [1.29, 1.82) is 0 Å². The van der Waals surface area contributed by atoms with E-state index in [1.54, 1.807) is 23.1 Å². The lowest BCUT2D eigenvalue weighted by Crippen LogP contribution is -2.46. The van der Waals surface area contributed by atoms with Gasteiger partial charge in [0, 0.05) is 43.3 Å². The van der Waals surface area contributed by atoms with Crippen LogP contribution in [-0.2, 0) is 16.4 Å². The smallest absolute Gasteiger partial charge is 0.341 e. The molecule has 4 nitrogen and oxygen atoms in total. The Morgan fingerprint density at radius 3 is 2.30 bits per heavy atom. The Morgan fingerprint density at radius 1 is 1.00 bits per heavy atom. The Labute approximate surface area is 161 Å². The van der Waals surface area contributed by atoms with Crippen molar-refractivity contribution in [3.05, 3.63) is 58.9 Å². The SMILES string of the molecule is O=S(=O)(c1ccccc1N1CCN(Cc2c(F)cccc2Cl)CC1)C(F)F. The third-order valence-corrected chi connectivity index (χ3v) is 6.34. The Morgan fingerprint density at radius 2 is 1.67 bits per heavy atom. The average Bonchev–Trinajstić information content (AvgIpc) is 2.65. The second-order valence-electron chi connectivity index (χ2n) is 6.24. The van der Waals surface area contributed by atoms with Crippen molar-refractivity contribution in [1.82, 2.24) is 4.90 Å². The van der Waals surface area contributed by atoms with Gasteiger partial charge in [0.1, 0.15) is 5.82 Å². The molecule has 1 aliphatic heterocycles. The molecule has 0 amide bonds. The molecule has 0 unspecified atom stereocenters.